The summed E-state index contributed by atoms with van der Waals surface area (Å²) in [5.74, 6) is 1.17. The maximum absolute atomic E-state index is 11.7. The van der Waals surface area contributed by atoms with Crippen LogP contribution in [0.4, 0.5) is 0 Å². The molecule has 2 N–H and O–H groups in total. The van der Waals surface area contributed by atoms with Gasteiger partial charge in [0.25, 0.3) is 0 Å². The van der Waals surface area contributed by atoms with Gasteiger partial charge in [-0.05, 0) is 24.6 Å². The molecule has 23 heavy (non-hydrogen) atoms. The average Bonchev–Trinajstić information content (AvgIpc) is 2.51. The van der Waals surface area contributed by atoms with Crippen LogP contribution in [-0.4, -0.2) is 32.0 Å². The molecule has 0 radical (unpaired) electrons. The van der Waals surface area contributed by atoms with E-state index in [9.17, 15) is 4.79 Å². The van der Waals surface area contributed by atoms with E-state index in [0.717, 1.165) is 10.9 Å². The molecule has 0 aliphatic carbocycles. The number of ether oxygens (including phenoxy) is 2. The van der Waals surface area contributed by atoms with Crippen LogP contribution in [0.25, 0.3) is 11.0 Å². The molecular weight excluding hydrogens is 316 g/mol. The Morgan fingerprint density at radius 1 is 1.39 bits per heavy atom. The first kappa shape index (κ1) is 17.4. The van der Waals surface area contributed by atoms with Crippen LogP contribution in [0.1, 0.15) is 12.5 Å². The molecule has 7 heteroatoms. The molecule has 0 amide bonds. The summed E-state index contributed by atoms with van der Waals surface area (Å²) in [6.07, 6.45) is 0. The Morgan fingerprint density at radius 3 is 2.87 bits per heavy atom. The molecule has 1 heterocycles. The zero-order valence-electron chi connectivity index (χ0n) is 13.4. The summed E-state index contributed by atoms with van der Waals surface area (Å²) in [6.45, 7) is 2.44. The summed E-state index contributed by atoms with van der Waals surface area (Å²) in [7, 11) is 3.19. The SMILES string of the molecule is COC[C@H](C)N=C(N)SCc1cc(=O)oc2cc(OC)ccc12. The molecule has 1 atom stereocenters. The number of nitrogens with two attached hydrogens (primary N) is 1. The molecule has 1 aromatic heterocycles. The van der Waals surface area contributed by atoms with Crippen molar-refractivity contribution in [3.63, 3.8) is 0 Å². The zero-order valence-corrected chi connectivity index (χ0v) is 14.2. The van der Waals surface area contributed by atoms with Gasteiger partial charge >= 0.3 is 5.63 Å². The summed E-state index contributed by atoms with van der Waals surface area (Å²) < 4.78 is 15.4. The highest BCUT2D eigenvalue weighted by Gasteiger charge is 2.09. The third-order valence-electron chi connectivity index (χ3n) is 3.17. The fourth-order valence-electron chi connectivity index (χ4n) is 2.14. The standard InChI is InChI=1S/C16H20N2O4S/c1-10(8-20-2)18-16(17)23-9-11-6-15(19)22-14-7-12(21-3)4-5-13(11)14/h4-7,10H,8-9H2,1-3H3,(H2,17,18)/t10-/m0/s1. The maximum Gasteiger partial charge on any atom is 0.336 e. The van der Waals surface area contributed by atoms with Crippen LogP contribution in [0.2, 0.25) is 0 Å². The van der Waals surface area contributed by atoms with Gasteiger partial charge in [0.2, 0.25) is 0 Å². The Bertz CT molecular complexity index is 757. The van der Waals surface area contributed by atoms with E-state index in [1.165, 1.54) is 17.8 Å². The molecule has 2 aromatic rings. The lowest BCUT2D eigenvalue weighted by atomic mass is 10.1. The first-order chi connectivity index (χ1) is 11.0. The van der Waals surface area contributed by atoms with Gasteiger partial charge < -0.3 is 19.6 Å². The number of thioether (sulfide) groups is 1. The second-order valence-corrected chi connectivity index (χ2v) is 6.01. The first-order valence-corrected chi connectivity index (χ1v) is 8.08. The lowest BCUT2D eigenvalue weighted by molar-refractivity contribution is 0.186. The molecule has 0 bridgehead atoms. The summed E-state index contributed by atoms with van der Waals surface area (Å²) >= 11 is 1.38. The van der Waals surface area contributed by atoms with Gasteiger partial charge in [0.05, 0.1) is 19.8 Å². The molecular formula is C16H20N2O4S. The van der Waals surface area contributed by atoms with Crippen LogP contribution in [0, 0.1) is 0 Å². The summed E-state index contributed by atoms with van der Waals surface area (Å²) in [5, 5.41) is 1.32. The van der Waals surface area contributed by atoms with E-state index in [0.29, 0.717) is 28.9 Å². The highest BCUT2D eigenvalue weighted by atomic mass is 32.2. The minimum absolute atomic E-state index is 0.00523. The Labute approximate surface area is 138 Å². The van der Waals surface area contributed by atoms with Crippen molar-refractivity contribution in [2.24, 2.45) is 10.7 Å². The molecule has 124 valence electrons. The largest absolute Gasteiger partial charge is 0.497 e. The van der Waals surface area contributed by atoms with Crippen LogP contribution < -0.4 is 16.1 Å². The Morgan fingerprint density at radius 2 is 2.17 bits per heavy atom. The monoisotopic (exact) mass is 336 g/mol. The van der Waals surface area contributed by atoms with Crippen molar-refractivity contribution >= 4 is 27.9 Å². The van der Waals surface area contributed by atoms with E-state index in [4.69, 9.17) is 19.6 Å². The average molecular weight is 336 g/mol. The minimum Gasteiger partial charge on any atom is -0.497 e. The third-order valence-corrected chi connectivity index (χ3v) is 4.02. The van der Waals surface area contributed by atoms with Gasteiger partial charge in [-0.1, -0.05) is 11.8 Å². The fourth-order valence-corrected chi connectivity index (χ4v) is 2.94. The third kappa shape index (κ3) is 4.74. The smallest absolute Gasteiger partial charge is 0.336 e. The van der Waals surface area contributed by atoms with Crippen molar-refractivity contribution in [1.29, 1.82) is 0 Å². The summed E-state index contributed by atoms with van der Waals surface area (Å²) in [4.78, 5) is 16.0. The van der Waals surface area contributed by atoms with Gasteiger partial charge in [0.1, 0.15) is 11.3 Å². The van der Waals surface area contributed by atoms with Crippen molar-refractivity contribution < 1.29 is 13.9 Å². The van der Waals surface area contributed by atoms with Crippen LogP contribution >= 0.6 is 11.8 Å². The molecule has 2 rings (SSSR count). The minimum atomic E-state index is -0.399. The van der Waals surface area contributed by atoms with Gasteiger partial charge in [-0.25, -0.2) is 4.79 Å². The van der Waals surface area contributed by atoms with Gasteiger partial charge in [0.15, 0.2) is 5.17 Å². The summed E-state index contributed by atoms with van der Waals surface area (Å²) in [5.41, 5.74) is 6.86. The molecule has 0 aliphatic rings. The summed E-state index contributed by atoms with van der Waals surface area (Å²) in [6, 6.07) is 6.87. The lowest BCUT2D eigenvalue weighted by Gasteiger charge is -2.08. The predicted octanol–water partition coefficient (Wildman–Crippen LogP) is 2.38. The topological polar surface area (TPSA) is 87.1 Å². The quantitative estimate of drug-likeness (QED) is 0.495. The molecule has 0 aliphatic heterocycles. The Balaban J connectivity index is 2.21. The number of hydrogen-bond donors (Lipinski definition) is 1. The molecule has 6 nitrogen and oxygen atoms in total. The highest BCUT2D eigenvalue weighted by molar-refractivity contribution is 8.13. The van der Waals surface area contributed by atoms with Crippen molar-refractivity contribution in [3.05, 3.63) is 40.2 Å². The maximum atomic E-state index is 11.7. The predicted molar refractivity (Wildman–Crippen MR) is 93.3 cm³/mol. The normalized spacial score (nSPS) is 13.3. The van der Waals surface area contributed by atoms with Crippen molar-refractivity contribution in [3.8, 4) is 5.75 Å². The van der Waals surface area contributed by atoms with Crippen LogP contribution in [-0.2, 0) is 10.5 Å². The molecule has 0 spiro atoms. The number of benzene rings is 1. The van der Waals surface area contributed by atoms with E-state index in [1.54, 1.807) is 20.3 Å². The Kier molecular flexibility index (Phi) is 6.06. The van der Waals surface area contributed by atoms with Gasteiger partial charge in [-0.2, -0.15) is 0 Å². The van der Waals surface area contributed by atoms with Crippen LogP contribution in [0.3, 0.4) is 0 Å². The number of rotatable bonds is 6. The first-order valence-electron chi connectivity index (χ1n) is 7.09. The second-order valence-electron chi connectivity index (χ2n) is 5.01. The number of amidine groups is 1. The van der Waals surface area contributed by atoms with Gasteiger partial charge in [0, 0.05) is 30.4 Å². The lowest BCUT2D eigenvalue weighted by Crippen LogP contribution is -2.15. The number of nitrogens with zero attached hydrogens (tertiary/aromatic N) is 1. The second kappa shape index (κ2) is 8.03. The van der Waals surface area contributed by atoms with E-state index in [-0.39, 0.29) is 6.04 Å². The highest BCUT2D eigenvalue weighted by Crippen LogP contribution is 2.25. The number of methoxy groups -OCH3 is 2. The van der Waals surface area contributed by atoms with Crippen molar-refractivity contribution in [1.82, 2.24) is 0 Å². The van der Waals surface area contributed by atoms with Gasteiger partial charge in [-0.3, -0.25) is 4.99 Å². The fraction of sp³-hybridized carbons (Fsp3) is 0.375. The molecule has 0 unspecified atom stereocenters. The van der Waals surface area contributed by atoms with E-state index in [1.807, 2.05) is 19.1 Å². The Hall–Kier alpha value is -1.99. The molecule has 1 aromatic carbocycles. The number of aliphatic imine (C=N–C) groups is 1. The molecule has 0 fully saturated rings. The van der Waals surface area contributed by atoms with E-state index in [2.05, 4.69) is 4.99 Å². The van der Waals surface area contributed by atoms with Crippen molar-refractivity contribution in [2.75, 3.05) is 20.8 Å². The van der Waals surface area contributed by atoms with Crippen molar-refractivity contribution in [2.45, 2.75) is 18.7 Å². The molecule has 0 saturated carbocycles. The zero-order chi connectivity index (χ0) is 16.8. The van der Waals surface area contributed by atoms with E-state index >= 15 is 0 Å². The van der Waals surface area contributed by atoms with Gasteiger partial charge in [-0.15, -0.1) is 0 Å². The van der Waals surface area contributed by atoms with Crippen LogP contribution in [0.15, 0.2) is 38.5 Å². The number of hydrogen-bond acceptors (Lipinski definition) is 6. The number of fused-ring (bicyclic) bond motifs is 1. The molecule has 0 saturated heterocycles. The van der Waals surface area contributed by atoms with E-state index < -0.39 is 5.63 Å². The van der Waals surface area contributed by atoms with Crippen LogP contribution in [0.5, 0.6) is 5.75 Å².